The predicted octanol–water partition coefficient (Wildman–Crippen LogP) is 2.11. The Balaban J connectivity index is 2.36. The van der Waals surface area contributed by atoms with Crippen LogP contribution < -0.4 is 15.8 Å². The van der Waals surface area contributed by atoms with Crippen LogP contribution in [0.4, 0.5) is 0 Å². The lowest BCUT2D eigenvalue weighted by molar-refractivity contribution is -0.121. The molecule has 0 spiro atoms. The molecule has 0 saturated carbocycles. The van der Waals surface area contributed by atoms with Gasteiger partial charge in [-0.3, -0.25) is 4.79 Å². The van der Waals surface area contributed by atoms with Crippen molar-refractivity contribution in [3.8, 4) is 5.88 Å². The van der Waals surface area contributed by atoms with Crippen LogP contribution in [0, 0.1) is 11.8 Å². The number of hydrogen-bond donors (Lipinski definition) is 2. The summed E-state index contributed by atoms with van der Waals surface area (Å²) in [7, 11) is 1.58. The lowest BCUT2D eigenvalue weighted by Crippen LogP contribution is -2.24. The Morgan fingerprint density at radius 2 is 2.19 bits per heavy atom. The third-order valence-corrected chi connectivity index (χ3v) is 3.72. The molecule has 0 bridgehead atoms. The van der Waals surface area contributed by atoms with Crippen LogP contribution in [0.15, 0.2) is 18.3 Å². The summed E-state index contributed by atoms with van der Waals surface area (Å²) in [6.45, 7) is 5.55. The number of carbonyl (C=O) groups is 1. The first-order valence-electron chi connectivity index (χ1n) is 7.52. The molecule has 1 rings (SSSR count). The third kappa shape index (κ3) is 6.58. The molecule has 1 aromatic heterocycles. The van der Waals surface area contributed by atoms with Gasteiger partial charge in [-0.1, -0.05) is 13.8 Å². The van der Waals surface area contributed by atoms with E-state index in [1.165, 1.54) is 0 Å². The lowest BCUT2D eigenvalue weighted by Gasteiger charge is -2.19. The summed E-state index contributed by atoms with van der Waals surface area (Å²) in [6, 6.07) is 3.69. The average Bonchev–Trinajstić information content (AvgIpc) is 2.49. The zero-order chi connectivity index (χ0) is 15.7. The topological polar surface area (TPSA) is 77.2 Å². The molecule has 1 unspecified atom stereocenters. The molecule has 5 heteroatoms. The van der Waals surface area contributed by atoms with E-state index in [0.717, 1.165) is 18.4 Å². The van der Waals surface area contributed by atoms with E-state index in [9.17, 15) is 4.79 Å². The van der Waals surface area contributed by atoms with E-state index in [2.05, 4.69) is 24.1 Å². The van der Waals surface area contributed by atoms with E-state index in [-0.39, 0.29) is 5.91 Å². The average molecular weight is 293 g/mol. The number of aromatic nitrogens is 1. The minimum absolute atomic E-state index is 0.0773. The Bertz CT molecular complexity index is 435. The maximum Gasteiger partial charge on any atom is 0.220 e. The van der Waals surface area contributed by atoms with Gasteiger partial charge in [-0.15, -0.1) is 0 Å². The van der Waals surface area contributed by atoms with Crippen molar-refractivity contribution in [2.24, 2.45) is 17.6 Å². The number of carbonyl (C=O) groups excluding carboxylic acids is 1. The van der Waals surface area contributed by atoms with Crippen LogP contribution in [0.5, 0.6) is 5.88 Å². The summed E-state index contributed by atoms with van der Waals surface area (Å²) in [5, 5.41) is 2.93. The third-order valence-electron chi connectivity index (χ3n) is 3.72. The van der Waals surface area contributed by atoms with E-state index >= 15 is 0 Å². The number of nitrogens with zero attached hydrogens (tertiary/aromatic N) is 1. The molecule has 1 atom stereocenters. The minimum Gasteiger partial charge on any atom is -0.481 e. The lowest BCUT2D eigenvalue weighted by atomic mass is 9.88. The Hall–Kier alpha value is -1.62. The maximum absolute atomic E-state index is 11.9. The number of rotatable bonds is 9. The van der Waals surface area contributed by atoms with Gasteiger partial charge in [0.05, 0.1) is 7.11 Å². The predicted molar refractivity (Wildman–Crippen MR) is 83.9 cm³/mol. The van der Waals surface area contributed by atoms with E-state index in [4.69, 9.17) is 10.5 Å². The van der Waals surface area contributed by atoms with Gasteiger partial charge in [0.15, 0.2) is 0 Å². The highest BCUT2D eigenvalue weighted by atomic mass is 16.5. The Morgan fingerprint density at radius 1 is 1.43 bits per heavy atom. The van der Waals surface area contributed by atoms with Gasteiger partial charge >= 0.3 is 0 Å². The fourth-order valence-electron chi connectivity index (χ4n) is 2.30. The molecule has 0 aliphatic carbocycles. The quantitative estimate of drug-likeness (QED) is 0.731. The molecule has 5 nitrogen and oxygen atoms in total. The SMILES string of the molecule is COc1cc(CNC(=O)CCC(CCN)C(C)C)ccn1. The monoisotopic (exact) mass is 293 g/mol. The standard InChI is InChI=1S/C16H27N3O2/c1-12(2)14(6-8-17)4-5-15(20)19-11-13-7-9-18-16(10-13)21-3/h7,9-10,12,14H,4-6,8,11,17H2,1-3H3,(H,19,20). The highest BCUT2D eigenvalue weighted by Gasteiger charge is 2.14. The van der Waals surface area contributed by atoms with Crippen molar-refractivity contribution in [1.82, 2.24) is 10.3 Å². The minimum atomic E-state index is 0.0773. The normalized spacial score (nSPS) is 12.2. The molecule has 21 heavy (non-hydrogen) atoms. The molecule has 3 N–H and O–H groups in total. The molecule has 0 aliphatic rings. The summed E-state index contributed by atoms with van der Waals surface area (Å²) >= 11 is 0. The number of methoxy groups -OCH3 is 1. The second kappa shape index (κ2) is 9.34. The van der Waals surface area contributed by atoms with E-state index in [0.29, 0.717) is 37.2 Å². The molecule has 0 radical (unpaired) electrons. The van der Waals surface area contributed by atoms with Gasteiger partial charge in [0.2, 0.25) is 11.8 Å². The first-order chi connectivity index (χ1) is 10.1. The Morgan fingerprint density at radius 3 is 2.81 bits per heavy atom. The highest BCUT2D eigenvalue weighted by Crippen LogP contribution is 2.20. The van der Waals surface area contributed by atoms with Crippen molar-refractivity contribution in [3.63, 3.8) is 0 Å². The number of pyridine rings is 1. The van der Waals surface area contributed by atoms with Gasteiger partial charge in [-0.05, 0) is 42.9 Å². The number of ether oxygens (including phenoxy) is 1. The van der Waals surface area contributed by atoms with Crippen LogP contribution in [0.3, 0.4) is 0 Å². The fourth-order valence-corrected chi connectivity index (χ4v) is 2.30. The van der Waals surface area contributed by atoms with Gasteiger partial charge in [0.1, 0.15) is 0 Å². The van der Waals surface area contributed by atoms with Gasteiger partial charge in [-0.2, -0.15) is 0 Å². The van der Waals surface area contributed by atoms with Crippen LogP contribution in [0.2, 0.25) is 0 Å². The second-order valence-electron chi connectivity index (χ2n) is 5.60. The van der Waals surface area contributed by atoms with Crippen molar-refractivity contribution < 1.29 is 9.53 Å². The largest absolute Gasteiger partial charge is 0.481 e. The molecular formula is C16H27N3O2. The van der Waals surface area contributed by atoms with E-state index < -0.39 is 0 Å². The summed E-state index contributed by atoms with van der Waals surface area (Å²) in [4.78, 5) is 16.0. The first kappa shape index (κ1) is 17.4. The fraction of sp³-hybridized carbons (Fsp3) is 0.625. The zero-order valence-electron chi connectivity index (χ0n) is 13.3. The Labute approximate surface area is 127 Å². The van der Waals surface area contributed by atoms with Gasteiger partial charge in [0, 0.05) is 25.2 Å². The molecule has 0 aliphatic heterocycles. The molecule has 0 aromatic carbocycles. The molecule has 0 saturated heterocycles. The van der Waals surface area contributed by atoms with Crippen molar-refractivity contribution in [1.29, 1.82) is 0 Å². The summed E-state index contributed by atoms with van der Waals surface area (Å²) in [5.74, 6) is 1.71. The molecule has 1 amide bonds. The zero-order valence-corrected chi connectivity index (χ0v) is 13.3. The highest BCUT2D eigenvalue weighted by molar-refractivity contribution is 5.75. The molecule has 118 valence electrons. The van der Waals surface area contributed by atoms with Crippen LogP contribution in [-0.2, 0) is 11.3 Å². The summed E-state index contributed by atoms with van der Waals surface area (Å²) in [6.07, 6.45) is 4.09. The van der Waals surface area contributed by atoms with Gasteiger partial charge in [-0.25, -0.2) is 4.98 Å². The number of amides is 1. The van der Waals surface area contributed by atoms with Crippen molar-refractivity contribution in [2.45, 2.75) is 39.7 Å². The van der Waals surface area contributed by atoms with Crippen LogP contribution in [0.25, 0.3) is 0 Å². The molecule has 0 fully saturated rings. The number of nitrogens with one attached hydrogen (secondary N) is 1. The number of hydrogen-bond acceptors (Lipinski definition) is 4. The van der Waals surface area contributed by atoms with Crippen LogP contribution in [0.1, 0.15) is 38.7 Å². The molecular weight excluding hydrogens is 266 g/mol. The maximum atomic E-state index is 11.9. The van der Waals surface area contributed by atoms with Crippen molar-refractivity contribution in [2.75, 3.05) is 13.7 Å². The summed E-state index contributed by atoms with van der Waals surface area (Å²) in [5.41, 5.74) is 6.60. The molecule has 1 heterocycles. The van der Waals surface area contributed by atoms with Gasteiger partial charge < -0.3 is 15.8 Å². The smallest absolute Gasteiger partial charge is 0.220 e. The van der Waals surface area contributed by atoms with Crippen LogP contribution in [-0.4, -0.2) is 24.5 Å². The summed E-state index contributed by atoms with van der Waals surface area (Å²) < 4.78 is 5.06. The Kier molecular flexibility index (Phi) is 7.75. The molecule has 1 aromatic rings. The van der Waals surface area contributed by atoms with E-state index in [1.54, 1.807) is 13.3 Å². The van der Waals surface area contributed by atoms with Crippen LogP contribution >= 0.6 is 0 Å². The second-order valence-corrected chi connectivity index (χ2v) is 5.60. The number of nitrogens with two attached hydrogens (primary N) is 1. The van der Waals surface area contributed by atoms with E-state index in [1.807, 2.05) is 12.1 Å². The first-order valence-corrected chi connectivity index (χ1v) is 7.52. The van der Waals surface area contributed by atoms with Crippen molar-refractivity contribution >= 4 is 5.91 Å². The van der Waals surface area contributed by atoms with Gasteiger partial charge in [0.25, 0.3) is 0 Å². The van der Waals surface area contributed by atoms with Crippen molar-refractivity contribution in [3.05, 3.63) is 23.9 Å².